The number of primary amides is 5. The Morgan fingerprint density at radius 1 is 0.313 bits per heavy atom. The van der Waals surface area contributed by atoms with E-state index in [9.17, 15) is 91.8 Å². The number of nitrogens with zero attached hydrogens (tertiary/aromatic N) is 15. The predicted octanol–water partition coefficient (Wildman–Crippen LogP) is 11.4. The molecule has 150 heavy (non-hydrogen) atoms. The Kier molecular flexibility index (Phi) is 31.1. The molecule has 0 aliphatic carbocycles. The van der Waals surface area contributed by atoms with Crippen LogP contribution in [0.5, 0.6) is 28.7 Å². The molecule has 10 aliphatic rings. The molecular weight excluding hydrogens is 2000 g/mol. The minimum Gasteiger partial charge on any atom is -0.493 e. The van der Waals surface area contributed by atoms with E-state index in [-0.39, 0.29) is 86.4 Å². The Morgan fingerprint density at radius 3 is 0.820 bits per heavy atom. The highest BCUT2D eigenvalue weighted by molar-refractivity contribution is 5.95. The van der Waals surface area contributed by atoms with Crippen LogP contribution < -0.4 is 103 Å². The van der Waals surface area contributed by atoms with Gasteiger partial charge in [0, 0.05) is 96.3 Å². The van der Waals surface area contributed by atoms with Gasteiger partial charge in [-0.05, 0) is 129 Å². The molecule has 0 bridgehead atoms. The van der Waals surface area contributed by atoms with E-state index in [1.165, 1.54) is 0 Å². The van der Waals surface area contributed by atoms with E-state index in [0.29, 0.717) is 160 Å². The number of anilines is 10. The van der Waals surface area contributed by atoms with E-state index in [4.69, 9.17) is 76.0 Å². The molecule has 0 saturated carbocycles. The number of rotatable bonds is 25. The molecule has 45 nitrogen and oxygen atoms in total. The zero-order chi connectivity index (χ0) is 108. The van der Waals surface area contributed by atoms with Crippen molar-refractivity contribution in [1.82, 2.24) is 47.8 Å². The zero-order valence-electron chi connectivity index (χ0n) is 81.5. The van der Waals surface area contributed by atoms with Gasteiger partial charge in [-0.1, -0.05) is 0 Å². The minimum atomic E-state index is -2.76. The monoisotopic (exact) mass is 2110 g/mol. The second-order valence-corrected chi connectivity index (χ2v) is 36.4. The lowest BCUT2D eigenvalue weighted by Crippen LogP contribution is -2.38. The Hall–Kier alpha value is -16.9. The summed E-state index contributed by atoms with van der Waals surface area (Å²) in [6, 6.07) is 15.9. The second-order valence-electron chi connectivity index (χ2n) is 36.4. The average molecular weight is 2110 g/mol. The SMILES string of the molecule is C[C@@H]1Cn2cc(N3C(=O)OC[C@H]3C(F)F)nc2-c2ccc(N[C@@H](C)C(N)=O)cc2O1.C[C@H](Nc1ccc2c(c1)OCCCn1cc(N3C(=O)OC[C@H]3C(F)F)nc1-2)C(N)=O.C[C@H](Nc1ccc2c(c1)OC[C@@H](C)n1cc(N3C(=O)OC[C@H]3C(F)F)nc1-2)C(N)=O.C[C@H](Nc1ccc2c(c1)OC[C@H](C)n1cc(N3C(=O)OC[C@H]3C(F)F)nc1-2)C(N)=O.C[C@H](Nc1ccc2c(c1)O[C@@H](C)Cn1cc(N3C(=O)OC[C@H]3C(F)F)nc1-2)C(N)=O. The first-order valence-electron chi connectivity index (χ1n) is 47.2. The van der Waals surface area contributed by atoms with Crippen LogP contribution in [0, 0.1) is 0 Å². The van der Waals surface area contributed by atoms with Gasteiger partial charge in [0.05, 0.1) is 59.6 Å². The van der Waals surface area contributed by atoms with Crippen LogP contribution in [0.3, 0.4) is 0 Å². The molecular formula is C95H105F10N25O20. The van der Waals surface area contributed by atoms with Crippen LogP contribution in [0.2, 0.25) is 0 Å². The van der Waals surface area contributed by atoms with E-state index >= 15 is 0 Å². The molecule has 15 N–H and O–H groups in total. The summed E-state index contributed by atoms with van der Waals surface area (Å²) < 4.78 is 196. The Balaban J connectivity index is 0.000000133. The highest BCUT2D eigenvalue weighted by Crippen LogP contribution is 2.47. The lowest BCUT2D eigenvalue weighted by atomic mass is 10.1. The topological polar surface area (TPSA) is 559 Å². The fraction of sp³-hybridized carbons (Fsp3) is 0.421. The average Bonchev–Trinajstić information content (AvgIpc) is 1.63. The maximum absolute atomic E-state index is 13.4. The highest BCUT2D eigenvalue weighted by atomic mass is 19.3. The number of imidazole rings is 5. The molecule has 15 heterocycles. The number of nitrogens with two attached hydrogens (primary N) is 5. The molecule has 20 rings (SSSR count). The van der Waals surface area contributed by atoms with Crippen molar-refractivity contribution < 1.29 is 139 Å². The third kappa shape index (κ3) is 22.5. The van der Waals surface area contributed by atoms with E-state index < -0.39 is 153 Å². The van der Waals surface area contributed by atoms with Crippen molar-refractivity contribution >= 4 is 118 Å². The number of benzene rings is 5. The number of alkyl halides is 10. The Morgan fingerprint density at radius 2 is 0.547 bits per heavy atom. The standard InChI is InChI=1S/5C19H21F2N5O4/c2*1-9-7-29-14-5-11(23-10(2)17(22)27)3-4-12(14)18-24-15(6-25(9)18)26-13(16(20)21)8-30-19(26)28;2*1-9-6-25-7-15(26-13(16(20)21)8-29-19(26)28)24-18(25)12-4-3-11(5-14(12)30-9)23-10(2)17(22)27;1-10(17(22)27)23-11-3-4-12-14(7-11)29-6-2-5-25-8-15(24-18(12)25)26-13(16(20)21)9-30-19(26)28/h2*3-6,9-10,13,16,23H,7-8H2,1-2H3,(H2,22,27);2*3-5,7,9-10,13,16,23H,6,8H2,1-2H3,(H2,22,27);3-4,7-8,10,13,16,23H,2,5-6,9H2,1H3,(H2,22,27)/t9-,10+,13+;9-,10-,13-;9-,10+,13+;9-,10-,13-;10-,13-/m10100/s1. The van der Waals surface area contributed by atoms with Crippen molar-refractivity contribution in [3.8, 4) is 85.7 Å². The number of ether oxygens (including phenoxy) is 10. The molecule has 5 fully saturated rings. The summed E-state index contributed by atoms with van der Waals surface area (Å²) in [7, 11) is 0. The smallest absolute Gasteiger partial charge is 0.416 e. The molecule has 10 aromatic rings. The van der Waals surface area contributed by atoms with E-state index in [2.05, 4.69) is 51.5 Å². The third-order valence-electron chi connectivity index (χ3n) is 25.4. The van der Waals surface area contributed by atoms with E-state index in [0.717, 1.165) is 24.5 Å². The van der Waals surface area contributed by atoms with Gasteiger partial charge in [-0.2, -0.15) is 0 Å². The summed E-state index contributed by atoms with van der Waals surface area (Å²) in [5, 5.41) is 14.9. The molecule has 800 valence electrons. The molecule has 0 spiro atoms. The van der Waals surface area contributed by atoms with Crippen molar-refractivity contribution in [1.29, 1.82) is 0 Å². The number of nitrogens with one attached hydrogen (secondary N) is 5. The largest absolute Gasteiger partial charge is 0.493 e. The van der Waals surface area contributed by atoms with Crippen LogP contribution in [-0.2, 0) is 67.3 Å². The second kappa shape index (κ2) is 44.1. The fourth-order valence-electron chi connectivity index (χ4n) is 17.3. The lowest BCUT2D eigenvalue weighted by molar-refractivity contribution is -0.119. The van der Waals surface area contributed by atoms with Gasteiger partial charge in [-0.3, -0.25) is 24.0 Å². The van der Waals surface area contributed by atoms with Crippen molar-refractivity contribution in [3.63, 3.8) is 0 Å². The summed E-state index contributed by atoms with van der Waals surface area (Å²) in [5.74, 6) is 2.99. The van der Waals surface area contributed by atoms with Crippen molar-refractivity contribution in [2.45, 2.75) is 205 Å². The molecule has 0 radical (unpaired) electrons. The number of aryl methyl sites for hydroxylation is 1. The fourth-order valence-corrected chi connectivity index (χ4v) is 17.3. The Bertz CT molecular complexity index is 6380. The quantitative estimate of drug-likeness (QED) is 0.0188. The van der Waals surface area contributed by atoms with Gasteiger partial charge in [-0.15, -0.1) is 0 Å². The number of aromatic nitrogens is 10. The minimum absolute atomic E-state index is 0.0991. The number of amides is 10. The normalized spacial score (nSPS) is 20.9. The first-order valence-corrected chi connectivity index (χ1v) is 47.2. The van der Waals surface area contributed by atoms with Crippen molar-refractivity contribution in [3.05, 3.63) is 122 Å². The summed E-state index contributed by atoms with van der Waals surface area (Å²) >= 11 is 0. The van der Waals surface area contributed by atoms with Gasteiger partial charge >= 0.3 is 30.5 Å². The lowest BCUT2D eigenvalue weighted by Gasteiger charge is -2.19. The Labute approximate surface area is 846 Å². The van der Waals surface area contributed by atoms with E-state index in [1.54, 1.807) is 175 Å². The number of hydrogen-bond donors (Lipinski definition) is 10. The molecule has 10 amide bonds. The van der Waals surface area contributed by atoms with E-state index in [1.807, 2.05) is 32.3 Å². The number of cyclic esters (lactones) is 5. The van der Waals surface area contributed by atoms with Gasteiger partial charge in [0.15, 0.2) is 29.1 Å². The molecule has 14 atom stereocenters. The number of carbonyl (C=O) groups is 10. The molecule has 5 aromatic heterocycles. The first kappa shape index (κ1) is 106. The summed E-state index contributed by atoms with van der Waals surface area (Å²) in [6.07, 6.45) is -10.1. The van der Waals surface area contributed by atoms with Crippen molar-refractivity contribution in [2.75, 3.05) is 104 Å². The molecule has 5 aromatic carbocycles. The van der Waals surface area contributed by atoms with Crippen LogP contribution in [-0.4, -0.2) is 265 Å². The van der Waals surface area contributed by atoms with Gasteiger partial charge in [0.2, 0.25) is 29.5 Å². The molecule has 55 heteroatoms. The van der Waals surface area contributed by atoms with Gasteiger partial charge in [-0.25, -0.2) is 117 Å². The van der Waals surface area contributed by atoms with Crippen LogP contribution >= 0.6 is 0 Å². The number of hydrogen-bond acceptors (Lipinski definition) is 30. The highest BCUT2D eigenvalue weighted by Gasteiger charge is 2.49. The zero-order valence-corrected chi connectivity index (χ0v) is 81.5. The summed E-state index contributed by atoms with van der Waals surface area (Å²) in [6.45, 7) is 16.2. The molecule has 10 aliphatic heterocycles. The predicted molar refractivity (Wildman–Crippen MR) is 519 cm³/mol. The number of fused-ring (bicyclic) bond motifs is 15. The summed E-state index contributed by atoms with van der Waals surface area (Å²) in [5.41, 5.74) is 32.8. The van der Waals surface area contributed by atoms with Crippen LogP contribution in [0.4, 0.5) is 125 Å². The van der Waals surface area contributed by atoms with Gasteiger partial charge in [0.25, 0.3) is 32.1 Å². The third-order valence-corrected chi connectivity index (χ3v) is 25.4. The van der Waals surface area contributed by atoms with Crippen molar-refractivity contribution in [2.24, 2.45) is 28.7 Å². The number of halogens is 10. The number of carbonyl (C=O) groups excluding carboxylic acids is 10. The van der Waals surface area contributed by atoms with Gasteiger partial charge < -0.3 is 125 Å². The summed E-state index contributed by atoms with van der Waals surface area (Å²) in [4.78, 5) is 143. The van der Waals surface area contributed by atoms with Crippen LogP contribution in [0.1, 0.15) is 80.8 Å². The maximum Gasteiger partial charge on any atom is 0.416 e. The van der Waals surface area contributed by atoms with Gasteiger partial charge in [0.1, 0.15) is 177 Å². The first-order chi connectivity index (χ1) is 71.3. The van der Waals surface area contributed by atoms with Crippen LogP contribution in [0.25, 0.3) is 56.9 Å². The molecule has 5 saturated heterocycles. The van der Waals surface area contributed by atoms with Crippen LogP contribution in [0.15, 0.2) is 122 Å². The molecule has 0 unspecified atom stereocenters. The maximum atomic E-state index is 13.4.